The van der Waals surface area contributed by atoms with Gasteiger partial charge in [-0.2, -0.15) is 0 Å². The Morgan fingerprint density at radius 2 is 1.79 bits per heavy atom. The van der Waals surface area contributed by atoms with Crippen LogP contribution < -0.4 is 5.32 Å². The molecule has 1 N–H and O–H groups in total. The van der Waals surface area contributed by atoms with Gasteiger partial charge in [-0.25, -0.2) is 0 Å². The Balaban J connectivity index is 1.76. The largest absolute Gasteiger partial charge is 0.349 e. The van der Waals surface area contributed by atoms with Crippen molar-refractivity contribution in [1.29, 1.82) is 0 Å². The van der Waals surface area contributed by atoms with Gasteiger partial charge in [0.2, 0.25) is 0 Å². The third-order valence-electron chi connectivity index (χ3n) is 3.77. The van der Waals surface area contributed by atoms with E-state index < -0.39 is 0 Å². The van der Waals surface area contributed by atoms with Gasteiger partial charge in [0.25, 0.3) is 5.91 Å². The maximum absolute atomic E-state index is 12.7. The Morgan fingerprint density at radius 3 is 2.54 bits per heavy atom. The molecule has 0 unspecified atom stereocenters. The molecule has 4 heteroatoms. The van der Waals surface area contributed by atoms with Gasteiger partial charge in [-0.15, -0.1) is 0 Å². The average molecular weight is 317 g/mol. The minimum Gasteiger partial charge on any atom is -0.349 e. The second-order valence-electron chi connectivity index (χ2n) is 5.69. The highest BCUT2D eigenvalue weighted by molar-refractivity contribution is 6.01. The first-order valence-corrected chi connectivity index (χ1v) is 7.94. The lowest BCUT2D eigenvalue weighted by Crippen LogP contribution is -2.34. The molecular formula is C20H19N3O. The van der Waals surface area contributed by atoms with Crippen LogP contribution in [-0.2, 0) is 6.42 Å². The lowest BCUT2D eigenvalue weighted by atomic mass is 9.99. The Kier molecular flexibility index (Phi) is 4.96. The lowest BCUT2D eigenvalue weighted by molar-refractivity contribution is 0.0940. The van der Waals surface area contributed by atoms with Crippen molar-refractivity contribution in [2.45, 2.75) is 19.4 Å². The SMILES string of the molecule is C[C@H](Cc1cnccn1)NC(=O)c1ccccc1-c1ccccc1. The number of carbonyl (C=O) groups excluding carboxylic acids is 1. The van der Waals surface area contributed by atoms with E-state index in [9.17, 15) is 4.79 Å². The molecule has 1 aromatic heterocycles. The van der Waals surface area contributed by atoms with Crippen molar-refractivity contribution in [3.63, 3.8) is 0 Å². The Morgan fingerprint density at radius 1 is 1.04 bits per heavy atom. The van der Waals surface area contributed by atoms with E-state index in [1.165, 1.54) is 0 Å². The first kappa shape index (κ1) is 15.9. The van der Waals surface area contributed by atoms with Crippen molar-refractivity contribution in [3.8, 4) is 11.1 Å². The van der Waals surface area contributed by atoms with E-state index in [1.54, 1.807) is 18.6 Å². The van der Waals surface area contributed by atoms with Gasteiger partial charge in [0, 0.05) is 36.6 Å². The molecule has 120 valence electrons. The molecule has 0 saturated carbocycles. The average Bonchev–Trinajstić information content (AvgIpc) is 2.63. The minimum absolute atomic E-state index is 0.0296. The molecule has 0 radical (unpaired) electrons. The topological polar surface area (TPSA) is 54.9 Å². The summed E-state index contributed by atoms with van der Waals surface area (Å²) in [6, 6.07) is 17.6. The number of benzene rings is 2. The van der Waals surface area contributed by atoms with E-state index in [0.717, 1.165) is 16.8 Å². The number of amides is 1. The normalized spacial score (nSPS) is 11.7. The molecular weight excluding hydrogens is 298 g/mol. The fourth-order valence-electron chi connectivity index (χ4n) is 2.65. The van der Waals surface area contributed by atoms with Crippen LogP contribution in [0.25, 0.3) is 11.1 Å². The molecule has 0 bridgehead atoms. The van der Waals surface area contributed by atoms with E-state index in [1.807, 2.05) is 61.5 Å². The Bertz CT molecular complexity index is 803. The first-order valence-electron chi connectivity index (χ1n) is 7.94. The molecule has 0 aliphatic carbocycles. The zero-order chi connectivity index (χ0) is 16.8. The van der Waals surface area contributed by atoms with Crippen molar-refractivity contribution in [2.75, 3.05) is 0 Å². The molecule has 1 amide bonds. The summed E-state index contributed by atoms with van der Waals surface area (Å²) < 4.78 is 0. The van der Waals surface area contributed by atoms with E-state index in [2.05, 4.69) is 15.3 Å². The molecule has 2 aromatic carbocycles. The summed E-state index contributed by atoms with van der Waals surface area (Å²) in [5.74, 6) is -0.0779. The number of hydrogen-bond donors (Lipinski definition) is 1. The molecule has 0 aliphatic heterocycles. The summed E-state index contributed by atoms with van der Waals surface area (Å²) in [6.07, 6.45) is 5.67. The lowest BCUT2D eigenvalue weighted by Gasteiger charge is -2.15. The van der Waals surface area contributed by atoms with Crippen LogP contribution in [0.3, 0.4) is 0 Å². The standard InChI is InChI=1S/C20H19N3O/c1-15(13-17-14-21-11-12-22-17)23-20(24)19-10-6-5-9-18(19)16-7-3-2-4-8-16/h2-12,14-15H,13H2,1H3,(H,23,24)/t15-/m1/s1. The van der Waals surface area contributed by atoms with E-state index in [4.69, 9.17) is 0 Å². The summed E-state index contributed by atoms with van der Waals surface area (Å²) >= 11 is 0. The summed E-state index contributed by atoms with van der Waals surface area (Å²) in [4.78, 5) is 21.0. The van der Waals surface area contributed by atoms with Crippen LogP contribution in [0.4, 0.5) is 0 Å². The van der Waals surface area contributed by atoms with E-state index in [0.29, 0.717) is 12.0 Å². The summed E-state index contributed by atoms with van der Waals surface area (Å²) in [5.41, 5.74) is 3.50. The van der Waals surface area contributed by atoms with Crippen LogP contribution in [-0.4, -0.2) is 21.9 Å². The molecule has 4 nitrogen and oxygen atoms in total. The molecule has 24 heavy (non-hydrogen) atoms. The Labute approximate surface area is 141 Å². The molecule has 0 saturated heterocycles. The molecule has 0 spiro atoms. The molecule has 0 aliphatic rings. The molecule has 0 fully saturated rings. The predicted molar refractivity (Wildman–Crippen MR) is 94.5 cm³/mol. The van der Waals surface area contributed by atoms with Gasteiger partial charge in [0.15, 0.2) is 0 Å². The molecule has 1 atom stereocenters. The second kappa shape index (κ2) is 7.51. The highest BCUT2D eigenvalue weighted by Crippen LogP contribution is 2.23. The third-order valence-corrected chi connectivity index (χ3v) is 3.77. The number of carbonyl (C=O) groups is 1. The fraction of sp³-hybridized carbons (Fsp3) is 0.150. The van der Waals surface area contributed by atoms with Crippen LogP contribution in [0, 0.1) is 0 Å². The third kappa shape index (κ3) is 3.84. The summed E-state index contributed by atoms with van der Waals surface area (Å²) in [5, 5.41) is 3.05. The molecule has 1 heterocycles. The fourth-order valence-corrected chi connectivity index (χ4v) is 2.65. The predicted octanol–water partition coefficient (Wildman–Crippen LogP) is 3.50. The Hall–Kier alpha value is -3.01. The number of nitrogens with one attached hydrogen (secondary N) is 1. The maximum Gasteiger partial charge on any atom is 0.252 e. The van der Waals surface area contributed by atoms with Gasteiger partial charge in [-0.05, 0) is 24.1 Å². The smallest absolute Gasteiger partial charge is 0.252 e. The molecule has 3 rings (SSSR count). The van der Waals surface area contributed by atoms with Crippen molar-refractivity contribution in [1.82, 2.24) is 15.3 Å². The van der Waals surface area contributed by atoms with E-state index in [-0.39, 0.29) is 11.9 Å². The van der Waals surface area contributed by atoms with E-state index >= 15 is 0 Å². The van der Waals surface area contributed by atoms with Crippen molar-refractivity contribution < 1.29 is 4.79 Å². The van der Waals surface area contributed by atoms with Gasteiger partial charge in [0.05, 0.1) is 5.69 Å². The first-order chi connectivity index (χ1) is 11.7. The number of aromatic nitrogens is 2. The van der Waals surface area contributed by atoms with Crippen LogP contribution >= 0.6 is 0 Å². The number of hydrogen-bond acceptors (Lipinski definition) is 3. The summed E-state index contributed by atoms with van der Waals surface area (Å²) in [7, 11) is 0. The van der Waals surface area contributed by atoms with Gasteiger partial charge in [0.1, 0.15) is 0 Å². The van der Waals surface area contributed by atoms with Crippen LogP contribution in [0.15, 0.2) is 73.2 Å². The van der Waals surface area contributed by atoms with Crippen molar-refractivity contribution in [3.05, 3.63) is 84.4 Å². The van der Waals surface area contributed by atoms with Gasteiger partial charge < -0.3 is 5.32 Å². The highest BCUT2D eigenvalue weighted by Gasteiger charge is 2.15. The van der Waals surface area contributed by atoms with Crippen molar-refractivity contribution in [2.24, 2.45) is 0 Å². The second-order valence-corrected chi connectivity index (χ2v) is 5.69. The van der Waals surface area contributed by atoms with Gasteiger partial charge in [-0.3, -0.25) is 14.8 Å². The number of nitrogens with zero attached hydrogens (tertiary/aromatic N) is 2. The summed E-state index contributed by atoms with van der Waals surface area (Å²) in [6.45, 7) is 1.97. The van der Waals surface area contributed by atoms with Crippen LogP contribution in [0.1, 0.15) is 23.0 Å². The van der Waals surface area contributed by atoms with Gasteiger partial charge in [-0.1, -0.05) is 48.5 Å². The zero-order valence-electron chi connectivity index (χ0n) is 13.5. The van der Waals surface area contributed by atoms with Crippen molar-refractivity contribution >= 4 is 5.91 Å². The zero-order valence-corrected chi connectivity index (χ0v) is 13.5. The highest BCUT2D eigenvalue weighted by atomic mass is 16.1. The number of rotatable bonds is 5. The maximum atomic E-state index is 12.7. The van der Waals surface area contributed by atoms with Crippen LogP contribution in [0.5, 0.6) is 0 Å². The molecule has 3 aromatic rings. The van der Waals surface area contributed by atoms with Crippen LogP contribution in [0.2, 0.25) is 0 Å². The van der Waals surface area contributed by atoms with Gasteiger partial charge >= 0.3 is 0 Å². The quantitative estimate of drug-likeness (QED) is 0.783. The monoisotopic (exact) mass is 317 g/mol. The minimum atomic E-state index is -0.0779.